The van der Waals surface area contributed by atoms with Crippen molar-refractivity contribution in [2.75, 3.05) is 26.4 Å². The largest absolute Gasteiger partial charge is 0.398 e. The number of nitrogens with two attached hydrogens (primary N) is 1. The van der Waals surface area contributed by atoms with Gasteiger partial charge in [-0.1, -0.05) is 30.5 Å². The SMILES string of the molecule is CN(C)C1(CNC(=O)c2c(N)cccc2Cl)CCCC1. The average Bonchev–Trinajstić information content (AvgIpc) is 2.86. The van der Waals surface area contributed by atoms with Gasteiger partial charge in [-0.15, -0.1) is 0 Å². The molecule has 1 amide bonds. The molecule has 4 nitrogen and oxygen atoms in total. The van der Waals surface area contributed by atoms with E-state index in [4.69, 9.17) is 17.3 Å². The molecule has 5 heteroatoms. The smallest absolute Gasteiger partial charge is 0.254 e. The number of hydrogen-bond donors (Lipinski definition) is 2. The van der Waals surface area contributed by atoms with Gasteiger partial charge in [0.2, 0.25) is 0 Å². The van der Waals surface area contributed by atoms with Gasteiger partial charge < -0.3 is 16.0 Å². The number of carbonyl (C=O) groups excluding carboxylic acids is 1. The number of carbonyl (C=O) groups is 1. The van der Waals surface area contributed by atoms with Crippen LogP contribution >= 0.6 is 11.6 Å². The van der Waals surface area contributed by atoms with Crippen LogP contribution < -0.4 is 11.1 Å². The molecule has 0 heterocycles. The third-order valence-electron chi connectivity index (χ3n) is 4.33. The number of anilines is 1. The highest BCUT2D eigenvalue weighted by Gasteiger charge is 2.36. The Hall–Kier alpha value is -1.26. The molecule has 0 aliphatic heterocycles. The second kappa shape index (κ2) is 6.02. The number of halogens is 1. The fourth-order valence-electron chi connectivity index (χ4n) is 2.93. The molecule has 1 fully saturated rings. The van der Waals surface area contributed by atoms with Crippen molar-refractivity contribution in [1.29, 1.82) is 0 Å². The molecule has 0 aromatic heterocycles. The Kier molecular flexibility index (Phi) is 4.55. The van der Waals surface area contributed by atoms with Crippen molar-refractivity contribution >= 4 is 23.2 Å². The molecular weight excluding hydrogens is 274 g/mol. The summed E-state index contributed by atoms with van der Waals surface area (Å²) in [6.45, 7) is 0.628. The molecule has 2 rings (SSSR count). The van der Waals surface area contributed by atoms with E-state index in [0.717, 1.165) is 12.8 Å². The molecule has 1 aromatic carbocycles. The third kappa shape index (κ3) is 2.91. The van der Waals surface area contributed by atoms with Gasteiger partial charge in [0.05, 0.1) is 10.6 Å². The summed E-state index contributed by atoms with van der Waals surface area (Å²) in [6, 6.07) is 5.12. The predicted octanol–water partition coefficient (Wildman–Crippen LogP) is 2.53. The van der Waals surface area contributed by atoms with Gasteiger partial charge in [0.15, 0.2) is 0 Å². The number of amides is 1. The third-order valence-corrected chi connectivity index (χ3v) is 4.65. The summed E-state index contributed by atoms with van der Waals surface area (Å²) in [5.41, 5.74) is 6.70. The van der Waals surface area contributed by atoms with E-state index in [-0.39, 0.29) is 11.4 Å². The van der Waals surface area contributed by atoms with Crippen LogP contribution in [0.1, 0.15) is 36.0 Å². The Morgan fingerprint density at radius 2 is 2.05 bits per heavy atom. The van der Waals surface area contributed by atoms with Gasteiger partial charge in [0.1, 0.15) is 0 Å². The van der Waals surface area contributed by atoms with Crippen molar-refractivity contribution < 1.29 is 4.79 Å². The van der Waals surface area contributed by atoms with E-state index >= 15 is 0 Å². The van der Waals surface area contributed by atoms with Crippen molar-refractivity contribution in [3.63, 3.8) is 0 Å². The maximum Gasteiger partial charge on any atom is 0.254 e. The zero-order chi connectivity index (χ0) is 14.8. The van der Waals surface area contributed by atoms with Gasteiger partial charge in [0, 0.05) is 17.8 Å². The van der Waals surface area contributed by atoms with E-state index in [1.807, 2.05) is 0 Å². The first-order chi connectivity index (χ1) is 9.46. The topological polar surface area (TPSA) is 58.4 Å². The standard InChI is InChI=1S/C15H22ClN3O/c1-19(2)15(8-3-4-9-15)10-18-14(20)13-11(16)6-5-7-12(13)17/h5-7H,3-4,8-10,17H2,1-2H3,(H,18,20). The van der Waals surface area contributed by atoms with E-state index in [0.29, 0.717) is 22.8 Å². The lowest BCUT2D eigenvalue weighted by atomic mass is 9.96. The quantitative estimate of drug-likeness (QED) is 0.839. The van der Waals surface area contributed by atoms with Crippen LogP contribution in [0.4, 0.5) is 5.69 Å². The highest BCUT2D eigenvalue weighted by Crippen LogP contribution is 2.33. The fourth-order valence-corrected chi connectivity index (χ4v) is 3.20. The number of nitrogens with one attached hydrogen (secondary N) is 1. The van der Waals surface area contributed by atoms with Crippen LogP contribution in [0.2, 0.25) is 5.02 Å². The van der Waals surface area contributed by atoms with Crippen LogP contribution in [0.5, 0.6) is 0 Å². The number of likely N-dealkylation sites (N-methyl/N-ethyl adjacent to an activating group) is 1. The van der Waals surface area contributed by atoms with E-state index in [9.17, 15) is 4.79 Å². The summed E-state index contributed by atoms with van der Waals surface area (Å²) in [5, 5.41) is 3.40. The Bertz CT molecular complexity index is 476. The maximum absolute atomic E-state index is 12.3. The average molecular weight is 296 g/mol. The van der Waals surface area contributed by atoms with Gasteiger partial charge in [-0.2, -0.15) is 0 Å². The molecule has 1 aliphatic rings. The lowest BCUT2D eigenvalue weighted by molar-refractivity contribution is 0.0901. The Balaban J connectivity index is 2.09. The molecule has 0 radical (unpaired) electrons. The minimum Gasteiger partial charge on any atom is -0.398 e. The predicted molar refractivity (Wildman–Crippen MR) is 83.1 cm³/mol. The number of hydrogen-bond acceptors (Lipinski definition) is 3. The van der Waals surface area contributed by atoms with Crippen LogP contribution in [0.3, 0.4) is 0 Å². The normalized spacial score (nSPS) is 17.4. The van der Waals surface area contributed by atoms with Crippen LogP contribution in [0.25, 0.3) is 0 Å². The molecular formula is C15H22ClN3O. The van der Waals surface area contributed by atoms with Gasteiger partial charge in [-0.05, 0) is 39.1 Å². The lowest BCUT2D eigenvalue weighted by Crippen LogP contribution is -2.50. The van der Waals surface area contributed by atoms with Gasteiger partial charge >= 0.3 is 0 Å². The summed E-state index contributed by atoms with van der Waals surface area (Å²) in [4.78, 5) is 14.5. The number of rotatable bonds is 4. The molecule has 3 N–H and O–H groups in total. The summed E-state index contributed by atoms with van der Waals surface area (Å²) in [6.07, 6.45) is 4.64. The summed E-state index contributed by atoms with van der Waals surface area (Å²) < 4.78 is 0. The highest BCUT2D eigenvalue weighted by molar-refractivity contribution is 6.34. The molecule has 0 unspecified atom stereocenters. The summed E-state index contributed by atoms with van der Waals surface area (Å²) in [7, 11) is 4.14. The van der Waals surface area contributed by atoms with Crippen LogP contribution in [-0.2, 0) is 0 Å². The minimum atomic E-state index is -0.193. The summed E-state index contributed by atoms with van der Waals surface area (Å²) >= 11 is 6.07. The first-order valence-electron chi connectivity index (χ1n) is 6.96. The van der Waals surface area contributed by atoms with Crippen LogP contribution in [-0.4, -0.2) is 37.0 Å². The lowest BCUT2D eigenvalue weighted by Gasteiger charge is -2.36. The fraction of sp³-hybridized carbons (Fsp3) is 0.533. The molecule has 110 valence electrons. The second-order valence-corrected chi connectivity index (χ2v) is 6.12. The maximum atomic E-state index is 12.3. The Labute approximate surface area is 125 Å². The van der Waals surface area contributed by atoms with Crippen LogP contribution in [0.15, 0.2) is 18.2 Å². The van der Waals surface area contributed by atoms with Crippen molar-refractivity contribution in [2.24, 2.45) is 0 Å². The van der Waals surface area contributed by atoms with Gasteiger partial charge in [0.25, 0.3) is 5.91 Å². The second-order valence-electron chi connectivity index (χ2n) is 5.71. The molecule has 0 spiro atoms. The van der Waals surface area contributed by atoms with E-state index in [1.165, 1.54) is 12.8 Å². The van der Waals surface area contributed by atoms with Crippen molar-refractivity contribution in [1.82, 2.24) is 10.2 Å². The number of benzene rings is 1. The molecule has 1 aliphatic carbocycles. The minimum absolute atomic E-state index is 0.0612. The van der Waals surface area contributed by atoms with Crippen molar-refractivity contribution in [3.05, 3.63) is 28.8 Å². The highest BCUT2D eigenvalue weighted by atomic mass is 35.5. The molecule has 20 heavy (non-hydrogen) atoms. The molecule has 0 saturated heterocycles. The summed E-state index contributed by atoms with van der Waals surface area (Å²) in [5.74, 6) is -0.193. The van der Waals surface area contributed by atoms with Crippen LogP contribution in [0, 0.1) is 0 Å². The molecule has 0 atom stereocenters. The molecule has 1 saturated carbocycles. The zero-order valence-corrected chi connectivity index (χ0v) is 12.8. The van der Waals surface area contributed by atoms with E-state index in [1.54, 1.807) is 18.2 Å². The number of nitrogens with zero attached hydrogens (tertiary/aromatic N) is 1. The van der Waals surface area contributed by atoms with Crippen molar-refractivity contribution in [3.8, 4) is 0 Å². The first kappa shape index (κ1) is 15.1. The van der Waals surface area contributed by atoms with Gasteiger partial charge in [-0.3, -0.25) is 4.79 Å². The molecule has 0 bridgehead atoms. The number of nitrogen functional groups attached to an aromatic ring is 1. The zero-order valence-electron chi connectivity index (χ0n) is 12.1. The van der Waals surface area contributed by atoms with Gasteiger partial charge in [-0.25, -0.2) is 0 Å². The monoisotopic (exact) mass is 295 g/mol. The van der Waals surface area contributed by atoms with E-state index < -0.39 is 0 Å². The molecule has 1 aromatic rings. The van der Waals surface area contributed by atoms with E-state index in [2.05, 4.69) is 24.3 Å². The Morgan fingerprint density at radius 3 is 2.60 bits per heavy atom. The first-order valence-corrected chi connectivity index (χ1v) is 7.34. The Morgan fingerprint density at radius 1 is 1.40 bits per heavy atom. The van der Waals surface area contributed by atoms with Crippen molar-refractivity contribution in [2.45, 2.75) is 31.2 Å².